The highest BCUT2D eigenvalue weighted by Gasteiger charge is 2.15. The second kappa shape index (κ2) is 5.28. The van der Waals surface area contributed by atoms with E-state index in [2.05, 4.69) is 0 Å². The van der Waals surface area contributed by atoms with Crippen molar-refractivity contribution in [1.82, 2.24) is 0 Å². The van der Waals surface area contributed by atoms with E-state index >= 15 is 0 Å². The fourth-order valence-corrected chi connectivity index (χ4v) is 3.10. The van der Waals surface area contributed by atoms with Gasteiger partial charge in [-0.1, -0.05) is 18.2 Å². The lowest BCUT2D eigenvalue weighted by molar-refractivity contribution is 0.591. The highest BCUT2D eigenvalue weighted by molar-refractivity contribution is 7.91. The molecule has 0 aliphatic heterocycles. The zero-order valence-electron chi connectivity index (χ0n) is 8.94. The van der Waals surface area contributed by atoms with E-state index in [9.17, 15) is 8.42 Å². The van der Waals surface area contributed by atoms with Gasteiger partial charge < -0.3 is 5.73 Å². The lowest BCUT2D eigenvalue weighted by Crippen LogP contribution is -2.10. The normalized spacial score (nSPS) is 11.6. The number of benzene rings is 1. The predicted molar refractivity (Wildman–Crippen MR) is 61.5 cm³/mol. The maximum atomic E-state index is 11.9. The summed E-state index contributed by atoms with van der Waals surface area (Å²) >= 11 is 0. The lowest BCUT2D eigenvalue weighted by atomic mass is 10.2. The molecule has 15 heavy (non-hydrogen) atoms. The zero-order valence-corrected chi connectivity index (χ0v) is 9.76. The van der Waals surface area contributed by atoms with Gasteiger partial charge in [-0.15, -0.1) is 0 Å². The Morgan fingerprint density at radius 3 is 2.47 bits per heavy atom. The molecule has 4 heteroatoms. The van der Waals surface area contributed by atoms with Crippen molar-refractivity contribution in [3.63, 3.8) is 0 Å². The van der Waals surface area contributed by atoms with Gasteiger partial charge in [0, 0.05) is 0 Å². The van der Waals surface area contributed by atoms with Crippen molar-refractivity contribution in [2.24, 2.45) is 5.73 Å². The number of rotatable bonds is 5. The van der Waals surface area contributed by atoms with Crippen LogP contribution in [-0.2, 0) is 9.84 Å². The molecule has 2 N–H and O–H groups in total. The first-order valence-corrected chi connectivity index (χ1v) is 6.71. The maximum Gasteiger partial charge on any atom is 0.178 e. The van der Waals surface area contributed by atoms with Crippen LogP contribution < -0.4 is 5.73 Å². The Labute approximate surface area is 91.2 Å². The third-order valence-corrected chi connectivity index (χ3v) is 4.25. The molecule has 1 aromatic rings. The Bertz CT molecular complexity index is 412. The smallest absolute Gasteiger partial charge is 0.178 e. The summed E-state index contributed by atoms with van der Waals surface area (Å²) in [5.41, 5.74) is 6.14. The van der Waals surface area contributed by atoms with Gasteiger partial charge in [0.25, 0.3) is 0 Å². The van der Waals surface area contributed by atoms with Gasteiger partial charge in [0.15, 0.2) is 9.84 Å². The SMILES string of the molecule is Cc1ccccc1S(=O)(=O)CCCCN. The summed E-state index contributed by atoms with van der Waals surface area (Å²) in [6.07, 6.45) is 1.39. The Hall–Kier alpha value is -0.870. The molecule has 0 amide bonds. The number of sulfone groups is 1. The first kappa shape index (κ1) is 12.2. The minimum Gasteiger partial charge on any atom is -0.330 e. The van der Waals surface area contributed by atoms with Crippen molar-refractivity contribution in [3.8, 4) is 0 Å². The van der Waals surface area contributed by atoms with Crippen LogP contribution in [0.25, 0.3) is 0 Å². The third-order valence-electron chi connectivity index (χ3n) is 2.30. The Morgan fingerprint density at radius 2 is 1.87 bits per heavy atom. The molecule has 0 unspecified atom stereocenters. The van der Waals surface area contributed by atoms with Crippen molar-refractivity contribution in [2.75, 3.05) is 12.3 Å². The number of aryl methyl sites for hydroxylation is 1. The van der Waals surface area contributed by atoms with E-state index < -0.39 is 9.84 Å². The lowest BCUT2D eigenvalue weighted by Gasteiger charge is -2.06. The molecule has 0 heterocycles. The summed E-state index contributed by atoms with van der Waals surface area (Å²) in [5, 5.41) is 0. The molecule has 0 aliphatic rings. The van der Waals surface area contributed by atoms with Crippen LogP contribution in [0, 0.1) is 6.92 Å². The van der Waals surface area contributed by atoms with Gasteiger partial charge >= 0.3 is 0 Å². The summed E-state index contributed by atoms with van der Waals surface area (Å²) in [6.45, 7) is 2.36. The molecule has 0 spiro atoms. The number of nitrogens with two attached hydrogens (primary N) is 1. The monoisotopic (exact) mass is 227 g/mol. The van der Waals surface area contributed by atoms with E-state index in [-0.39, 0.29) is 5.75 Å². The summed E-state index contributed by atoms with van der Waals surface area (Å²) in [5.74, 6) is 0.190. The van der Waals surface area contributed by atoms with Crippen molar-refractivity contribution < 1.29 is 8.42 Å². The molecule has 0 aliphatic carbocycles. The van der Waals surface area contributed by atoms with Crippen LogP contribution >= 0.6 is 0 Å². The molecule has 0 bridgehead atoms. The molecule has 3 nitrogen and oxygen atoms in total. The van der Waals surface area contributed by atoms with Gasteiger partial charge in [0.1, 0.15) is 0 Å². The first-order valence-electron chi connectivity index (χ1n) is 5.06. The summed E-state index contributed by atoms with van der Waals surface area (Å²) < 4.78 is 23.8. The minimum atomic E-state index is -3.12. The highest BCUT2D eigenvalue weighted by Crippen LogP contribution is 2.16. The quantitative estimate of drug-likeness (QED) is 0.776. The molecule has 1 aromatic carbocycles. The molecule has 0 aromatic heterocycles. The molecular weight excluding hydrogens is 210 g/mol. The summed E-state index contributed by atoms with van der Waals surface area (Å²) in [7, 11) is -3.12. The highest BCUT2D eigenvalue weighted by atomic mass is 32.2. The van der Waals surface area contributed by atoms with Crippen molar-refractivity contribution in [3.05, 3.63) is 29.8 Å². The molecular formula is C11H17NO2S. The van der Waals surface area contributed by atoms with E-state index in [1.54, 1.807) is 12.1 Å². The summed E-state index contributed by atoms with van der Waals surface area (Å²) in [4.78, 5) is 0.446. The molecule has 84 valence electrons. The molecule has 0 saturated heterocycles. The van der Waals surface area contributed by atoms with E-state index in [1.165, 1.54) is 0 Å². The predicted octanol–water partition coefficient (Wildman–Crippen LogP) is 1.51. The zero-order chi connectivity index (χ0) is 11.3. The fraction of sp³-hybridized carbons (Fsp3) is 0.455. The largest absolute Gasteiger partial charge is 0.330 e. The fourth-order valence-electron chi connectivity index (χ4n) is 1.45. The van der Waals surface area contributed by atoms with Gasteiger partial charge in [-0.25, -0.2) is 8.42 Å². The Kier molecular flexibility index (Phi) is 4.29. The molecule has 0 radical (unpaired) electrons. The van der Waals surface area contributed by atoms with Crippen molar-refractivity contribution >= 4 is 9.84 Å². The average molecular weight is 227 g/mol. The van der Waals surface area contributed by atoms with E-state index in [1.807, 2.05) is 19.1 Å². The first-order chi connectivity index (χ1) is 7.08. The minimum absolute atomic E-state index is 0.190. The van der Waals surface area contributed by atoms with Crippen molar-refractivity contribution in [2.45, 2.75) is 24.7 Å². The molecule has 0 atom stereocenters. The van der Waals surface area contributed by atoms with Gasteiger partial charge in [0.2, 0.25) is 0 Å². The van der Waals surface area contributed by atoms with Crippen LogP contribution in [0.2, 0.25) is 0 Å². The van der Waals surface area contributed by atoms with E-state index in [0.717, 1.165) is 12.0 Å². The average Bonchev–Trinajstić information content (AvgIpc) is 2.18. The Balaban J connectivity index is 2.83. The molecule has 0 fully saturated rings. The topological polar surface area (TPSA) is 60.2 Å². The van der Waals surface area contributed by atoms with Crippen LogP contribution in [0.15, 0.2) is 29.2 Å². The van der Waals surface area contributed by atoms with Gasteiger partial charge in [-0.3, -0.25) is 0 Å². The van der Waals surface area contributed by atoms with Gasteiger partial charge in [0.05, 0.1) is 10.6 Å². The van der Waals surface area contributed by atoms with Gasteiger partial charge in [-0.2, -0.15) is 0 Å². The van der Waals surface area contributed by atoms with Gasteiger partial charge in [-0.05, 0) is 37.9 Å². The van der Waals surface area contributed by atoms with Crippen LogP contribution in [0.3, 0.4) is 0 Å². The van der Waals surface area contributed by atoms with Crippen molar-refractivity contribution in [1.29, 1.82) is 0 Å². The molecule has 1 rings (SSSR count). The standard InChI is InChI=1S/C11H17NO2S/c1-10-6-2-3-7-11(10)15(13,14)9-5-4-8-12/h2-3,6-7H,4-5,8-9,12H2,1H3. The van der Waals surface area contributed by atoms with Crippen LogP contribution in [-0.4, -0.2) is 20.7 Å². The maximum absolute atomic E-state index is 11.9. The van der Waals surface area contributed by atoms with E-state index in [4.69, 9.17) is 5.73 Å². The van der Waals surface area contributed by atoms with E-state index in [0.29, 0.717) is 17.9 Å². The second-order valence-electron chi connectivity index (χ2n) is 3.58. The number of hydrogen-bond acceptors (Lipinski definition) is 3. The number of unbranched alkanes of at least 4 members (excludes halogenated alkanes) is 1. The molecule has 0 saturated carbocycles. The van der Waals surface area contributed by atoms with Crippen LogP contribution in [0.5, 0.6) is 0 Å². The Morgan fingerprint density at radius 1 is 1.20 bits per heavy atom. The second-order valence-corrected chi connectivity index (χ2v) is 5.66. The van der Waals surface area contributed by atoms with Crippen LogP contribution in [0.1, 0.15) is 18.4 Å². The number of hydrogen-bond donors (Lipinski definition) is 1. The third kappa shape index (κ3) is 3.32. The van der Waals surface area contributed by atoms with Crippen LogP contribution in [0.4, 0.5) is 0 Å². The summed E-state index contributed by atoms with van der Waals surface area (Å²) in [6, 6.07) is 7.07.